The minimum absolute atomic E-state index is 0.0845. The van der Waals surface area contributed by atoms with Gasteiger partial charge in [0.2, 0.25) is 0 Å². The predicted molar refractivity (Wildman–Crippen MR) is 74.8 cm³/mol. The van der Waals surface area contributed by atoms with Gasteiger partial charge in [0, 0.05) is 12.6 Å². The Morgan fingerprint density at radius 2 is 2.00 bits per heavy atom. The molecule has 1 aromatic rings. The van der Waals surface area contributed by atoms with Gasteiger partial charge >= 0.3 is 0 Å². The van der Waals surface area contributed by atoms with E-state index in [-0.39, 0.29) is 12.4 Å². The molecule has 4 heteroatoms. The fourth-order valence-corrected chi connectivity index (χ4v) is 1.68. The molecule has 0 radical (unpaired) electrons. The van der Waals surface area contributed by atoms with Crippen molar-refractivity contribution in [2.75, 3.05) is 13.2 Å². The van der Waals surface area contributed by atoms with Crippen molar-refractivity contribution in [1.82, 2.24) is 5.32 Å². The van der Waals surface area contributed by atoms with Crippen LogP contribution in [0.25, 0.3) is 0 Å². The Balaban J connectivity index is 2.28. The molecule has 0 aromatic heterocycles. The number of aliphatic hydroxyl groups is 1. The molecule has 2 N–H and O–H groups in total. The van der Waals surface area contributed by atoms with Gasteiger partial charge in [0.05, 0.1) is 0 Å². The van der Waals surface area contributed by atoms with Crippen molar-refractivity contribution in [3.05, 3.63) is 30.1 Å². The highest BCUT2D eigenvalue weighted by Crippen LogP contribution is 2.15. The van der Waals surface area contributed by atoms with Crippen LogP contribution in [0.15, 0.2) is 24.3 Å². The van der Waals surface area contributed by atoms with Crippen LogP contribution < -0.4 is 10.1 Å². The minimum Gasteiger partial charge on any atom is -0.488 e. The normalized spacial score (nSPS) is 15.8. The first-order valence-electron chi connectivity index (χ1n) is 6.83. The second kappa shape index (κ2) is 8.12. The van der Waals surface area contributed by atoms with Gasteiger partial charge in [0.1, 0.15) is 12.7 Å². The second-order valence-corrected chi connectivity index (χ2v) is 4.98. The average Bonchev–Trinajstić information content (AvgIpc) is 2.42. The van der Waals surface area contributed by atoms with Crippen molar-refractivity contribution >= 4 is 0 Å². The Hall–Kier alpha value is -1.13. The summed E-state index contributed by atoms with van der Waals surface area (Å²) < 4.78 is 18.5. The minimum atomic E-state index is -0.647. The fourth-order valence-electron chi connectivity index (χ4n) is 1.68. The predicted octanol–water partition coefficient (Wildman–Crippen LogP) is 2.59. The van der Waals surface area contributed by atoms with E-state index in [1.54, 1.807) is 18.2 Å². The maximum absolute atomic E-state index is 13.3. The summed E-state index contributed by atoms with van der Waals surface area (Å²) in [6.45, 7) is 6.93. The van der Waals surface area contributed by atoms with Gasteiger partial charge < -0.3 is 15.2 Å². The largest absolute Gasteiger partial charge is 0.488 e. The number of benzene rings is 1. The van der Waals surface area contributed by atoms with Crippen LogP contribution in [0.2, 0.25) is 0 Å². The zero-order valence-corrected chi connectivity index (χ0v) is 11.9. The number of hydrogen-bond donors (Lipinski definition) is 2. The first-order chi connectivity index (χ1) is 9.04. The smallest absolute Gasteiger partial charge is 0.165 e. The van der Waals surface area contributed by atoms with Gasteiger partial charge in [-0.1, -0.05) is 32.4 Å². The number of nitrogens with one attached hydrogen (secondary N) is 1. The third-order valence-electron chi connectivity index (χ3n) is 3.44. The molecule has 0 aliphatic carbocycles. The Morgan fingerprint density at radius 1 is 1.32 bits per heavy atom. The quantitative estimate of drug-likeness (QED) is 0.762. The van der Waals surface area contributed by atoms with E-state index in [2.05, 4.69) is 26.1 Å². The summed E-state index contributed by atoms with van der Waals surface area (Å²) in [5.41, 5.74) is 0. The molecule has 3 unspecified atom stereocenters. The van der Waals surface area contributed by atoms with E-state index >= 15 is 0 Å². The van der Waals surface area contributed by atoms with Crippen LogP contribution >= 0.6 is 0 Å². The summed E-state index contributed by atoms with van der Waals surface area (Å²) in [4.78, 5) is 0. The van der Waals surface area contributed by atoms with E-state index < -0.39 is 11.9 Å². The Bertz CT molecular complexity index is 373. The lowest BCUT2D eigenvalue weighted by atomic mass is 10.0. The molecule has 0 saturated heterocycles. The van der Waals surface area contributed by atoms with Gasteiger partial charge in [-0.2, -0.15) is 0 Å². The number of hydrogen-bond acceptors (Lipinski definition) is 3. The van der Waals surface area contributed by atoms with E-state index in [1.807, 2.05) is 0 Å². The van der Waals surface area contributed by atoms with Crippen LogP contribution in [0.1, 0.15) is 27.2 Å². The molecule has 0 saturated carbocycles. The summed E-state index contributed by atoms with van der Waals surface area (Å²) >= 11 is 0. The van der Waals surface area contributed by atoms with E-state index in [9.17, 15) is 9.50 Å². The number of para-hydroxylation sites is 1. The molecule has 1 aromatic carbocycles. The standard InChI is InChI=1S/C15H24FNO2/c1-4-11(2)12(3)17-9-13(18)10-19-15-8-6-5-7-14(15)16/h5-8,11-13,17-18H,4,9-10H2,1-3H3. The van der Waals surface area contributed by atoms with Crippen molar-refractivity contribution in [3.8, 4) is 5.75 Å². The van der Waals surface area contributed by atoms with E-state index in [4.69, 9.17) is 4.74 Å². The lowest BCUT2D eigenvalue weighted by Gasteiger charge is -2.22. The van der Waals surface area contributed by atoms with Crippen molar-refractivity contribution in [3.63, 3.8) is 0 Å². The Morgan fingerprint density at radius 3 is 2.63 bits per heavy atom. The third kappa shape index (κ3) is 5.57. The van der Waals surface area contributed by atoms with E-state index in [1.165, 1.54) is 6.07 Å². The fraction of sp³-hybridized carbons (Fsp3) is 0.600. The summed E-state index contributed by atoms with van der Waals surface area (Å²) in [5, 5.41) is 13.1. The maximum atomic E-state index is 13.3. The molecule has 0 aliphatic heterocycles. The number of aliphatic hydroxyl groups excluding tert-OH is 1. The molecule has 1 rings (SSSR count). The van der Waals surface area contributed by atoms with Crippen LogP contribution in [0, 0.1) is 11.7 Å². The van der Waals surface area contributed by atoms with Gasteiger partial charge in [0.15, 0.2) is 11.6 Å². The van der Waals surface area contributed by atoms with E-state index in [0.717, 1.165) is 6.42 Å². The first kappa shape index (κ1) is 15.9. The monoisotopic (exact) mass is 269 g/mol. The molecule has 3 atom stereocenters. The van der Waals surface area contributed by atoms with Crippen molar-refractivity contribution in [1.29, 1.82) is 0 Å². The van der Waals surface area contributed by atoms with Crippen LogP contribution in [0.3, 0.4) is 0 Å². The summed E-state index contributed by atoms with van der Waals surface area (Å²) in [6.07, 6.45) is 0.446. The van der Waals surface area contributed by atoms with Crippen LogP contribution in [-0.2, 0) is 0 Å². The summed E-state index contributed by atoms with van der Waals surface area (Å²) in [6, 6.07) is 6.54. The van der Waals surface area contributed by atoms with Gasteiger partial charge in [-0.15, -0.1) is 0 Å². The molecular formula is C15H24FNO2. The first-order valence-corrected chi connectivity index (χ1v) is 6.83. The lowest BCUT2D eigenvalue weighted by Crippen LogP contribution is -2.39. The van der Waals surface area contributed by atoms with Gasteiger partial charge in [0.25, 0.3) is 0 Å². The molecule has 19 heavy (non-hydrogen) atoms. The molecule has 108 valence electrons. The van der Waals surface area contributed by atoms with Crippen molar-refractivity contribution in [2.45, 2.75) is 39.3 Å². The van der Waals surface area contributed by atoms with Gasteiger partial charge in [-0.3, -0.25) is 0 Å². The van der Waals surface area contributed by atoms with Crippen molar-refractivity contribution in [2.24, 2.45) is 5.92 Å². The molecule has 0 heterocycles. The van der Waals surface area contributed by atoms with E-state index in [0.29, 0.717) is 18.5 Å². The van der Waals surface area contributed by atoms with Gasteiger partial charge in [-0.25, -0.2) is 4.39 Å². The zero-order chi connectivity index (χ0) is 14.3. The number of ether oxygens (including phenoxy) is 1. The second-order valence-electron chi connectivity index (χ2n) is 4.98. The van der Waals surface area contributed by atoms with Crippen molar-refractivity contribution < 1.29 is 14.2 Å². The highest BCUT2D eigenvalue weighted by molar-refractivity contribution is 5.23. The third-order valence-corrected chi connectivity index (χ3v) is 3.44. The molecule has 0 spiro atoms. The molecule has 0 bridgehead atoms. The Labute approximate surface area is 114 Å². The molecule has 0 fully saturated rings. The number of rotatable bonds is 8. The van der Waals surface area contributed by atoms with Gasteiger partial charge in [-0.05, 0) is 25.0 Å². The number of halogens is 1. The molecule has 0 aliphatic rings. The summed E-state index contributed by atoms with van der Waals surface area (Å²) in [7, 11) is 0. The Kier molecular flexibility index (Phi) is 6.81. The molecule has 3 nitrogen and oxygen atoms in total. The lowest BCUT2D eigenvalue weighted by molar-refractivity contribution is 0.0997. The topological polar surface area (TPSA) is 41.5 Å². The zero-order valence-electron chi connectivity index (χ0n) is 11.9. The molecule has 0 amide bonds. The average molecular weight is 269 g/mol. The SMILES string of the molecule is CCC(C)C(C)NCC(O)COc1ccccc1F. The maximum Gasteiger partial charge on any atom is 0.165 e. The molecular weight excluding hydrogens is 245 g/mol. The van der Waals surface area contributed by atoms with Crippen LogP contribution in [0.5, 0.6) is 5.75 Å². The van der Waals surface area contributed by atoms with Crippen LogP contribution in [0.4, 0.5) is 4.39 Å². The van der Waals surface area contributed by atoms with Crippen LogP contribution in [-0.4, -0.2) is 30.4 Å². The highest BCUT2D eigenvalue weighted by atomic mass is 19.1. The summed E-state index contributed by atoms with van der Waals surface area (Å²) in [5.74, 6) is 0.326. The highest BCUT2D eigenvalue weighted by Gasteiger charge is 2.12.